The molecule has 0 aliphatic rings. The van der Waals surface area contributed by atoms with Crippen molar-refractivity contribution >= 4 is 16.9 Å². The Balaban J connectivity index is 4.34. The molecule has 0 radical (unpaired) electrons. The van der Waals surface area contributed by atoms with Crippen LogP contribution in [0.2, 0.25) is 0 Å². The second-order valence-corrected chi connectivity index (χ2v) is 4.55. The second kappa shape index (κ2) is 6.63. The summed E-state index contributed by atoms with van der Waals surface area (Å²) in [5.41, 5.74) is 0. The zero-order valence-corrected chi connectivity index (χ0v) is 10.1. The maximum Gasteiger partial charge on any atom is 0.456 e. The fourth-order valence-corrected chi connectivity index (χ4v) is 1.69. The first-order valence-electron chi connectivity index (χ1n) is 4.92. The molecule has 0 saturated heterocycles. The Morgan fingerprint density at radius 2 is 1.67 bits per heavy atom. The van der Waals surface area contributed by atoms with Gasteiger partial charge in [-0.05, 0) is 6.42 Å². The first-order valence-corrected chi connectivity index (χ1v) is 5.90. The number of rotatable bonds is 6. The largest absolute Gasteiger partial charge is 0.456 e. The van der Waals surface area contributed by atoms with Crippen molar-refractivity contribution < 1.29 is 35.5 Å². The summed E-state index contributed by atoms with van der Waals surface area (Å²) >= 11 is 0.569. The van der Waals surface area contributed by atoms with Gasteiger partial charge in [-0.1, -0.05) is 18.7 Å². The van der Waals surface area contributed by atoms with E-state index in [1.807, 2.05) is 0 Å². The molecule has 0 spiro atoms. The molecule has 0 fully saturated rings. The average Bonchev–Trinajstić information content (AvgIpc) is 2.25. The van der Waals surface area contributed by atoms with Gasteiger partial charge in [0.05, 0.1) is 0 Å². The minimum absolute atomic E-state index is 0.110. The maximum absolute atomic E-state index is 12.9. The lowest BCUT2D eigenvalue weighted by molar-refractivity contribution is -0.309. The van der Waals surface area contributed by atoms with E-state index in [0.29, 0.717) is 11.8 Å². The Morgan fingerprint density at radius 3 is 2.06 bits per heavy atom. The zero-order chi connectivity index (χ0) is 14.6. The number of hydrogen-bond donors (Lipinski definition) is 0. The first kappa shape index (κ1) is 17.5. The van der Waals surface area contributed by atoms with Crippen LogP contribution in [-0.2, 0) is 4.79 Å². The zero-order valence-electron chi connectivity index (χ0n) is 9.24. The number of thioether (sulfide) groups is 1. The molecule has 1 nitrogen and oxygen atoms in total. The van der Waals surface area contributed by atoms with Crippen molar-refractivity contribution in [3.05, 3.63) is 0 Å². The molecule has 0 amide bonds. The van der Waals surface area contributed by atoms with Crippen LogP contribution >= 0.6 is 11.8 Å². The van der Waals surface area contributed by atoms with Crippen LogP contribution in [0.5, 0.6) is 0 Å². The normalized spacial score (nSPS) is 16.4. The smallest absolute Gasteiger partial charge is 0.287 e. The van der Waals surface area contributed by atoms with Crippen molar-refractivity contribution in [2.45, 2.75) is 44.2 Å². The third-order valence-corrected chi connectivity index (χ3v) is 3.04. The van der Waals surface area contributed by atoms with Crippen LogP contribution in [-0.4, -0.2) is 35.3 Å². The monoisotopic (exact) mass is 300 g/mol. The molecule has 0 aliphatic carbocycles. The van der Waals surface area contributed by atoms with E-state index >= 15 is 0 Å². The average molecular weight is 300 g/mol. The van der Waals surface area contributed by atoms with Crippen LogP contribution in [0.3, 0.4) is 0 Å². The van der Waals surface area contributed by atoms with Gasteiger partial charge in [0, 0.05) is 12.2 Å². The van der Waals surface area contributed by atoms with Crippen LogP contribution in [0.15, 0.2) is 0 Å². The SMILES string of the molecule is CCC(=O)SCCC(F)C(F)C(F)(F)C(F)(F)F. The van der Waals surface area contributed by atoms with E-state index in [9.17, 15) is 35.5 Å². The number of carbonyl (C=O) groups excluding carboxylic acids is 1. The third kappa shape index (κ3) is 4.66. The summed E-state index contributed by atoms with van der Waals surface area (Å²) in [5.74, 6) is -6.08. The van der Waals surface area contributed by atoms with E-state index in [0.717, 1.165) is 0 Å². The van der Waals surface area contributed by atoms with Gasteiger partial charge >= 0.3 is 12.1 Å². The molecule has 0 aromatic carbocycles. The summed E-state index contributed by atoms with van der Waals surface area (Å²) in [4.78, 5) is 10.7. The van der Waals surface area contributed by atoms with E-state index in [2.05, 4.69) is 0 Å². The molecule has 0 heterocycles. The minimum Gasteiger partial charge on any atom is -0.287 e. The topological polar surface area (TPSA) is 17.1 Å². The van der Waals surface area contributed by atoms with Gasteiger partial charge in [-0.15, -0.1) is 0 Å². The molecule has 0 rings (SSSR count). The quantitative estimate of drug-likeness (QED) is 0.692. The molecule has 18 heavy (non-hydrogen) atoms. The highest BCUT2D eigenvalue weighted by molar-refractivity contribution is 8.13. The predicted octanol–water partition coefficient (Wildman–Crippen LogP) is 3.92. The van der Waals surface area contributed by atoms with Crippen molar-refractivity contribution in [1.29, 1.82) is 0 Å². The summed E-state index contributed by atoms with van der Waals surface area (Å²) < 4.78 is 85.7. The summed E-state index contributed by atoms with van der Waals surface area (Å²) in [6, 6.07) is 0. The van der Waals surface area contributed by atoms with Gasteiger partial charge in [0.1, 0.15) is 6.17 Å². The standard InChI is InChI=1S/C9H11F7OS/c1-2-6(17)18-4-3-5(10)7(11)8(12,13)9(14,15)16/h5,7H,2-4H2,1H3. The van der Waals surface area contributed by atoms with Crippen molar-refractivity contribution in [3.8, 4) is 0 Å². The third-order valence-electron chi connectivity index (χ3n) is 1.99. The number of carbonyl (C=O) groups is 1. The first-order chi connectivity index (χ1) is 8.04. The minimum atomic E-state index is -6.14. The van der Waals surface area contributed by atoms with E-state index in [4.69, 9.17) is 0 Å². The molecule has 0 aliphatic heterocycles. The number of hydrogen-bond acceptors (Lipinski definition) is 2. The van der Waals surface area contributed by atoms with E-state index < -0.39 is 30.9 Å². The van der Waals surface area contributed by atoms with Gasteiger partial charge in [-0.3, -0.25) is 4.79 Å². The van der Waals surface area contributed by atoms with Gasteiger partial charge in [-0.2, -0.15) is 22.0 Å². The molecule has 0 bridgehead atoms. The van der Waals surface area contributed by atoms with Gasteiger partial charge < -0.3 is 0 Å². The molecular formula is C9H11F7OS. The van der Waals surface area contributed by atoms with Crippen molar-refractivity contribution in [3.63, 3.8) is 0 Å². The van der Waals surface area contributed by atoms with Crippen molar-refractivity contribution in [2.24, 2.45) is 0 Å². The summed E-state index contributed by atoms with van der Waals surface area (Å²) in [7, 11) is 0. The van der Waals surface area contributed by atoms with Gasteiger partial charge in [0.15, 0.2) is 5.12 Å². The summed E-state index contributed by atoms with van der Waals surface area (Å²) in [5, 5.41) is -0.375. The molecule has 2 unspecified atom stereocenters. The Labute approximate surface area is 103 Å². The molecule has 0 saturated carbocycles. The van der Waals surface area contributed by atoms with Crippen LogP contribution < -0.4 is 0 Å². The van der Waals surface area contributed by atoms with Crippen molar-refractivity contribution in [1.82, 2.24) is 0 Å². The van der Waals surface area contributed by atoms with Crippen LogP contribution in [0.25, 0.3) is 0 Å². The predicted molar refractivity (Wildman–Crippen MR) is 53.2 cm³/mol. The summed E-state index contributed by atoms with van der Waals surface area (Å²) in [6.07, 6.45) is -13.8. The molecular weight excluding hydrogens is 289 g/mol. The lowest BCUT2D eigenvalue weighted by Crippen LogP contribution is -2.49. The maximum atomic E-state index is 12.9. The van der Waals surface area contributed by atoms with Crippen molar-refractivity contribution in [2.75, 3.05) is 5.75 Å². The van der Waals surface area contributed by atoms with Gasteiger partial charge in [0.25, 0.3) is 0 Å². The van der Waals surface area contributed by atoms with E-state index in [1.165, 1.54) is 6.92 Å². The molecule has 2 atom stereocenters. The highest BCUT2D eigenvalue weighted by Crippen LogP contribution is 2.41. The van der Waals surface area contributed by atoms with E-state index in [1.54, 1.807) is 0 Å². The fraction of sp³-hybridized carbons (Fsp3) is 0.889. The van der Waals surface area contributed by atoms with Gasteiger partial charge in [0.2, 0.25) is 6.17 Å². The Kier molecular flexibility index (Phi) is 6.45. The Morgan fingerprint density at radius 1 is 1.17 bits per heavy atom. The van der Waals surface area contributed by atoms with Gasteiger partial charge in [-0.25, -0.2) is 8.78 Å². The van der Waals surface area contributed by atoms with E-state index in [-0.39, 0.29) is 17.3 Å². The van der Waals surface area contributed by atoms with Crippen LogP contribution in [0.4, 0.5) is 30.7 Å². The highest BCUT2D eigenvalue weighted by Gasteiger charge is 2.65. The van der Waals surface area contributed by atoms with Crippen LogP contribution in [0.1, 0.15) is 19.8 Å². The lowest BCUT2D eigenvalue weighted by Gasteiger charge is -2.25. The molecule has 0 aromatic rings. The molecule has 108 valence electrons. The number of halogens is 7. The summed E-state index contributed by atoms with van der Waals surface area (Å²) in [6.45, 7) is 1.50. The second-order valence-electron chi connectivity index (χ2n) is 3.40. The lowest BCUT2D eigenvalue weighted by atomic mass is 10.1. The molecule has 9 heteroatoms. The molecule has 0 N–H and O–H groups in total. The number of alkyl halides is 7. The Hall–Kier alpha value is -0.470. The van der Waals surface area contributed by atoms with Crippen LogP contribution in [0, 0.1) is 0 Å². The molecule has 0 aromatic heterocycles. The highest BCUT2D eigenvalue weighted by atomic mass is 32.2. The fourth-order valence-electron chi connectivity index (χ4n) is 0.917. The Bertz CT molecular complexity index is 279.